The Kier molecular flexibility index (Phi) is 2.68. The monoisotopic (exact) mass is 273 g/mol. The van der Waals surface area contributed by atoms with Crippen LogP contribution in [0, 0.1) is 4.77 Å². The number of para-hydroxylation sites is 1. The molecule has 0 aliphatic rings. The number of rotatable bonds is 3. The van der Waals surface area contributed by atoms with Crippen molar-refractivity contribution in [1.29, 1.82) is 0 Å². The first-order valence-electron chi connectivity index (χ1n) is 5.66. The first-order valence-corrected chi connectivity index (χ1v) is 6.07. The molecule has 0 unspecified atom stereocenters. The number of aromatic nitrogens is 4. The lowest BCUT2D eigenvalue weighted by Gasteiger charge is -2.04. The largest absolute Gasteiger partial charge is 0.340 e. The van der Waals surface area contributed by atoms with Gasteiger partial charge in [-0.25, -0.2) is 9.77 Å². The fourth-order valence-electron chi connectivity index (χ4n) is 2.01. The molecule has 0 fully saturated rings. The minimum Gasteiger partial charge on any atom is -0.340 e. The number of H-pyrrole nitrogens is 1. The van der Waals surface area contributed by atoms with E-state index in [0.717, 1.165) is 15.6 Å². The fraction of sp³-hybridized carbons (Fsp3) is 0.0833. The molecule has 0 spiro atoms. The number of fused-ring (bicyclic) bond motifs is 1. The molecule has 96 valence electrons. The number of carbonyl (C=O) groups excluding carboxylic acids is 1. The molecule has 19 heavy (non-hydrogen) atoms. The summed E-state index contributed by atoms with van der Waals surface area (Å²) < 4.78 is 3.17. The van der Waals surface area contributed by atoms with E-state index >= 15 is 0 Å². The van der Waals surface area contributed by atoms with Gasteiger partial charge in [-0.2, -0.15) is 0 Å². The molecule has 0 aliphatic heterocycles. The van der Waals surface area contributed by atoms with E-state index in [0.29, 0.717) is 0 Å². The van der Waals surface area contributed by atoms with Crippen molar-refractivity contribution in [3.8, 4) is 0 Å². The molecule has 2 heterocycles. The van der Waals surface area contributed by atoms with Gasteiger partial charge < -0.3 is 10.4 Å². The standard InChI is InChI=1S/C12H11N5OS/c13-17-11(14-15-12(17)19)10(18)7-16-6-5-8-3-1-2-4-9(8)16/h1-6H,7,13H2,(H,15,19). The van der Waals surface area contributed by atoms with Gasteiger partial charge in [-0.1, -0.05) is 18.2 Å². The van der Waals surface area contributed by atoms with Crippen molar-refractivity contribution >= 4 is 28.9 Å². The van der Waals surface area contributed by atoms with Crippen LogP contribution in [0.5, 0.6) is 0 Å². The van der Waals surface area contributed by atoms with E-state index < -0.39 is 0 Å². The lowest BCUT2D eigenvalue weighted by Crippen LogP contribution is -2.20. The number of nitrogens with one attached hydrogen (secondary N) is 1. The van der Waals surface area contributed by atoms with Crippen molar-refractivity contribution in [2.24, 2.45) is 0 Å². The van der Waals surface area contributed by atoms with E-state index in [9.17, 15) is 4.79 Å². The molecular weight excluding hydrogens is 262 g/mol. The Bertz CT molecular complexity index is 813. The Labute approximate surface area is 113 Å². The summed E-state index contributed by atoms with van der Waals surface area (Å²) in [6.45, 7) is 0.171. The normalized spacial score (nSPS) is 10.9. The molecule has 3 N–H and O–H groups in total. The number of Topliss-reactive ketones (excluding diaryl/α,β-unsaturated/α-hetero) is 1. The smallest absolute Gasteiger partial charge is 0.221 e. The van der Waals surface area contributed by atoms with Crippen molar-refractivity contribution in [2.45, 2.75) is 6.54 Å². The molecule has 3 aromatic rings. The third-order valence-corrected chi connectivity index (χ3v) is 3.24. The Morgan fingerprint density at radius 1 is 1.37 bits per heavy atom. The van der Waals surface area contributed by atoms with E-state index in [1.165, 1.54) is 0 Å². The number of hydrogen-bond donors (Lipinski definition) is 2. The van der Waals surface area contributed by atoms with Crippen LogP contribution >= 0.6 is 12.2 Å². The number of nitrogens with two attached hydrogens (primary N) is 1. The van der Waals surface area contributed by atoms with Crippen molar-refractivity contribution in [2.75, 3.05) is 5.84 Å². The second kappa shape index (κ2) is 4.36. The molecule has 0 aliphatic carbocycles. The minimum absolute atomic E-state index is 0.128. The van der Waals surface area contributed by atoms with Crippen molar-refractivity contribution in [3.63, 3.8) is 0 Å². The SMILES string of the molecule is Nn1c(C(=O)Cn2ccc3ccccc32)n[nH]c1=S. The Morgan fingerprint density at radius 3 is 2.89 bits per heavy atom. The van der Waals surface area contributed by atoms with Gasteiger partial charge in [0.2, 0.25) is 16.4 Å². The van der Waals surface area contributed by atoms with Crippen molar-refractivity contribution in [1.82, 2.24) is 19.4 Å². The van der Waals surface area contributed by atoms with E-state index in [2.05, 4.69) is 10.2 Å². The van der Waals surface area contributed by atoms with Gasteiger partial charge >= 0.3 is 0 Å². The highest BCUT2D eigenvalue weighted by Crippen LogP contribution is 2.15. The number of carbonyl (C=O) groups is 1. The van der Waals surface area contributed by atoms with Gasteiger partial charge in [0.05, 0.1) is 6.54 Å². The molecule has 0 saturated heterocycles. The third-order valence-electron chi connectivity index (χ3n) is 2.95. The van der Waals surface area contributed by atoms with Crippen LogP contribution in [0.3, 0.4) is 0 Å². The molecule has 0 atom stereocenters. The van der Waals surface area contributed by atoms with Gasteiger partial charge in [-0.3, -0.25) is 4.79 Å². The summed E-state index contributed by atoms with van der Waals surface area (Å²) in [4.78, 5) is 12.1. The zero-order valence-electron chi connectivity index (χ0n) is 9.91. The molecule has 2 aromatic heterocycles. The van der Waals surface area contributed by atoms with Crippen LogP contribution in [-0.2, 0) is 6.54 Å². The lowest BCUT2D eigenvalue weighted by atomic mass is 10.2. The van der Waals surface area contributed by atoms with Crippen LogP contribution in [0.2, 0.25) is 0 Å². The van der Waals surface area contributed by atoms with Crippen LogP contribution in [0.25, 0.3) is 10.9 Å². The van der Waals surface area contributed by atoms with E-state index in [1.54, 1.807) is 0 Å². The predicted molar refractivity (Wildman–Crippen MR) is 73.8 cm³/mol. The van der Waals surface area contributed by atoms with Gasteiger partial charge in [0.1, 0.15) is 0 Å². The molecule has 0 radical (unpaired) electrons. The number of aromatic amines is 1. The summed E-state index contributed by atoms with van der Waals surface area (Å²) in [5.41, 5.74) is 0.994. The predicted octanol–water partition coefficient (Wildman–Crippen LogP) is 1.49. The fourth-order valence-corrected chi connectivity index (χ4v) is 2.14. The average molecular weight is 273 g/mol. The highest BCUT2D eigenvalue weighted by Gasteiger charge is 2.14. The maximum atomic E-state index is 12.1. The number of hydrogen-bond acceptors (Lipinski definition) is 4. The van der Waals surface area contributed by atoms with Crippen LogP contribution < -0.4 is 5.84 Å². The van der Waals surface area contributed by atoms with Gasteiger partial charge in [0, 0.05) is 11.7 Å². The van der Waals surface area contributed by atoms with Crippen molar-refractivity contribution < 1.29 is 4.79 Å². The third kappa shape index (κ3) is 1.93. The van der Waals surface area contributed by atoms with Crippen LogP contribution in [0.15, 0.2) is 36.5 Å². The molecule has 6 nitrogen and oxygen atoms in total. The Hall–Kier alpha value is -2.41. The maximum Gasteiger partial charge on any atom is 0.221 e. The second-order valence-corrected chi connectivity index (χ2v) is 4.53. The lowest BCUT2D eigenvalue weighted by molar-refractivity contribution is 0.0960. The molecule has 7 heteroatoms. The highest BCUT2D eigenvalue weighted by atomic mass is 32.1. The van der Waals surface area contributed by atoms with E-state index in [-0.39, 0.29) is 22.9 Å². The van der Waals surface area contributed by atoms with Crippen LogP contribution in [0.4, 0.5) is 0 Å². The second-order valence-electron chi connectivity index (χ2n) is 4.15. The Balaban J connectivity index is 1.95. The van der Waals surface area contributed by atoms with Gasteiger partial charge in [0.15, 0.2) is 0 Å². The van der Waals surface area contributed by atoms with Gasteiger partial charge in [-0.05, 0) is 29.7 Å². The number of ketones is 1. The molecule has 3 rings (SSSR count). The first-order chi connectivity index (χ1) is 9.16. The molecule has 0 bridgehead atoms. The molecule has 1 aromatic carbocycles. The number of nitrogens with zero attached hydrogens (tertiary/aromatic N) is 3. The molecule has 0 saturated carbocycles. The summed E-state index contributed by atoms with van der Waals surface area (Å²) in [6.07, 6.45) is 1.87. The van der Waals surface area contributed by atoms with Crippen LogP contribution in [0.1, 0.15) is 10.6 Å². The number of nitrogen functional groups attached to an aromatic ring is 1. The zero-order valence-corrected chi connectivity index (χ0v) is 10.7. The maximum absolute atomic E-state index is 12.1. The zero-order chi connectivity index (χ0) is 13.4. The average Bonchev–Trinajstić information content (AvgIpc) is 2.96. The summed E-state index contributed by atoms with van der Waals surface area (Å²) in [7, 11) is 0. The van der Waals surface area contributed by atoms with Crippen LogP contribution in [-0.4, -0.2) is 25.2 Å². The Morgan fingerprint density at radius 2 is 2.16 bits per heavy atom. The van der Waals surface area contributed by atoms with E-state index in [4.69, 9.17) is 18.1 Å². The summed E-state index contributed by atoms with van der Waals surface area (Å²) in [5, 5.41) is 7.41. The summed E-state index contributed by atoms with van der Waals surface area (Å²) in [6, 6.07) is 9.81. The quantitative estimate of drug-likeness (QED) is 0.430. The number of benzene rings is 1. The summed E-state index contributed by atoms with van der Waals surface area (Å²) in [5.74, 6) is 5.56. The minimum atomic E-state index is -0.198. The van der Waals surface area contributed by atoms with Gasteiger partial charge in [-0.15, -0.1) is 5.10 Å². The van der Waals surface area contributed by atoms with Gasteiger partial charge in [0.25, 0.3) is 0 Å². The molecular formula is C12H11N5OS. The first kappa shape index (κ1) is 11.7. The topological polar surface area (TPSA) is 81.6 Å². The van der Waals surface area contributed by atoms with Crippen molar-refractivity contribution in [3.05, 3.63) is 47.1 Å². The van der Waals surface area contributed by atoms with E-state index in [1.807, 2.05) is 41.1 Å². The summed E-state index contributed by atoms with van der Waals surface area (Å²) >= 11 is 4.88. The highest BCUT2D eigenvalue weighted by molar-refractivity contribution is 7.71. The molecule has 0 amide bonds.